The molecule has 2 aromatic rings. The molecule has 7 heteroatoms. The predicted octanol–water partition coefficient (Wildman–Crippen LogP) is 2.34. The summed E-state index contributed by atoms with van der Waals surface area (Å²) in [6.07, 6.45) is 2.21. The van der Waals surface area contributed by atoms with Gasteiger partial charge in [-0.1, -0.05) is 42.5 Å². The van der Waals surface area contributed by atoms with Crippen LogP contribution in [0.3, 0.4) is 0 Å². The molecule has 0 aliphatic carbocycles. The number of carbonyl (C=O) groups is 1. The predicted molar refractivity (Wildman–Crippen MR) is 134 cm³/mol. The summed E-state index contributed by atoms with van der Waals surface area (Å²) in [5, 5.41) is 9.94. The fourth-order valence-corrected chi connectivity index (χ4v) is 4.66. The van der Waals surface area contributed by atoms with Crippen LogP contribution in [0.2, 0.25) is 0 Å². The highest BCUT2D eigenvalue weighted by Crippen LogP contribution is 2.20. The van der Waals surface area contributed by atoms with Crippen LogP contribution in [0.1, 0.15) is 30.9 Å². The zero-order valence-electron chi connectivity index (χ0n) is 19.8. The Labute approximate surface area is 197 Å². The van der Waals surface area contributed by atoms with Gasteiger partial charge in [0.1, 0.15) is 0 Å². The number of nitrogens with one attached hydrogen (secondary N) is 3. The summed E-state index contributed by atoms with van der Waals surface area (Å²) < 4.78 is 0. The van der Waals surface area contributed by atoms with Gasteiger partial charge in [-0.15, -0.1) is 0 Å². The standard InChI is InChI=1S/C26H36N6O/c1-20-16-23(12-14-31(20)18-22-6-4-3-5-7-22)30-26(27-2)29-17-21-8-10-24(11-9-21)32-15-13-28-25(33)19-32/h3-11,20,23H,12-19H2,1-2H3,(H,28,33)(H2,27,29,30). The Morgan fingerprint density at radius 2 is 1.88 bits per heavy atom. The summed E-state index contributed by atoms with van der Waals surface area (Å²) in [6.45, 7) is 7.11. The Hall–Kier alpha value is -3.06. The van der Waals surface area contributed by atoms with E-state index in [0.717, 1.165) is 44.1 Å². The highest BCUT2D eigenvalue weighted by atomic mass is 16.2. The minimum Gasteiger partial charge on any atom is -0.360 e. The van der Waals surface area contributed by atoms with Gasteiger partial charge in [-0.2, -0.15) is 0 Å². The number of piperidine rings is 1. The smallest absolute Gasteiger partial charge is 0.239 e. The second kappa shape index (κ2) is 11.2. The molecule has 0 aromatic heterocycles. The molecule has 0 radical (unpaired) electrons. The number of hydrogen-bond donors (Lipinski definition) is 3. The first-order valence-electron chi connectivity index (χ1n) is 12.0. The third-order valence-electron chi connectivity index (χ3n) is 6.61. The quantitative estimate of drug-likeness (QED) is 0.467. The number of nitrogens with zero attached hydrogens (tertiary/aromatic N) is 3. The fourth-order valence-electron chi connectivity index (χ4n) is 4.66. The molecule has 2 aliphatic rings. The number of guanidine groups is 1. The van der Waals surface area contributed by atoms with Crippen LogP contribution < -0.4 is 20.9 Å². The summed E-state index contributed by atoms with van der Waals surface area (Å²) in [5.41, 5.74) is 3.66. The Kier molecular flexibility index (Phi) is 7.83. The molecule has 0 bridgehead atoms. The van der Waals surface area contributed by atoms with Crippen molar-refractivity contribution in [2.24, 2.45) is 4.99 Å². The minimum atomic E-state index is 0.0853. The van der Waals surface area contributed by atoms with Crippen molar-refractivity contribution < 1.29 is 4.79 Å². The summed E-state index contributed by atoms with van der Waals surface area (Å²) >= 11 is 0. The molecule has 2 aromatic carbocycles. The molecule has 2 aliphatic heterocycles. The molecular weight excluding hydrogens is 412 g/mol. The van der Waals surface area contributed by atoms with Gasteiger partial charge in [-0.25, -0.2) is 0 Å². The minimum absolute atomic E-state index is 0.0853. The summed E-state index contributed by atoms with van der Waals surface area (Å²) in [7, 11) is 1.83. The first-order valence-corrected chi connectivity index (χ1v) is 12.0. The Balaban J connectivity index is 1.23. The third-order valence-corrected chi connectivity index (χ3v) is 6.61. The number of benzene rings is 2. The molecule has 7 nitrogen and oxygen atoms in total. The first kappa shape index (κ1) is 23.1. The van der Waals surface area contributed by atoms with E-state index < -0.39 is 0 Å². The van der Waals surface area contributed by atoms with E-state index in [-0.39, 0.29) is 5.91 Å². The molecule has 2 heterocycles. The molecule has 1 amide bonds. The van der Waals surface area contributed by atoms with Gasteiger partial charge < -0.3 is 20.9 Å². The van der Waals surface area contributed by atoms with Crippen molar-refractivity contribution in [3.8, 4) is 0 Å². The zero-order chi connectivity index (χ0) is 23.0. The number of rotatable bonds is 6. The van der Waals surface area contributed by atoms with E-state index in [1.807, 2.05) is 7.05 Å². The molecule has 33 heavy (non-hydrogen) atoms. The van der Waals surface area contributed by atoms with Crippen molar-refractivity contribution in [1.82, 2.24) is 20.9 Å². The second-order valence-corrected chi connectivity index (χ2v) is 9.03. The molecule has 3 N–H and O–H groups in total. The lowest BCUT2D eigenvalue weighted by Crippen LogP contribution is -2.51. The highest BCUT2D eigenvalue weighted by molar-refractivity contribution is 5.82. The lowest BCUT2D eigenvalue weighted by molar-refractivity contribution is -0.120. The van der Waals surface area contributed by atoms with Crippen LogP contribution in [0.25, 0.3) is 0 Å². The van der Waals surface area contributed by atoms with Crippen molar-refractivity contribution in [2.75, 3.05) is 38.1 Å². The fraction of sp³-hybridized carbons (Fsp3) is 0.462. The number of anilines is 1. The normalized spacial score (nSPS) is 22.1. The third kappa shape index (κ3) is 6.48. The largest absolute Gasteiger partial charge is 0.360 e. The number of amides is 1. The van der Waals surface area contributed by atoms with E-state index in [1.165, 1.54) is 11.1 Å². The monoisotopic (exact) mass is 448 g/mol. The SMILES string of the molecule is CN=C(NCc1ccc(N2CCNC(=O)C2)cc1)NC1CCN(Cc2ccccc2)C(C)C1. The van der Waals surface area contributed by atoms with Crippen molar-refractivity contribution in [3.05, 3.63) is 65.7 Å². The van der Waals surface area contributed by atoms with Crippen molar-refractivity contribution >= 4 is 17.6 Å². The van der Waals surface area contributed by atoms with Crippen LogP contribution in [-0.2, 0) is 17.9 Å². The number of aliphatic imine (C=N–C) groups is 1. The van der Waals surface area contributed by atoms with E-state index in [4.69, 9.17) is 0 Å². The molecule has 0 spiro atoms. The van der Waals surface area contributed by atoms with Crippen LogP contribution in [-0.4, -0.2) is 62.1 Å². The van der Waals surface area contributed by atoms with Crippen LogP contribution >= 0.6 is 0 Å². The van der Waals surface area contributed by atoms with Crippen molar-refractivity contribution in [2.45, 2.75) is 44.9 Å². The molecule has 2 saturated heterocycles. The average Bonchev–Trinajstić information content (AvgIpc) is 2.84. The Bertz CT molecular complexity index is 930. The summed E-state index contributed by atoms with van der Waals surface area (Å²) in [4.78, 5) is 20.7. The first-order chi connectivity index (χ1) is 16.1. The molecule has 0 saturated carbocycles. The van der Waals surface area contributed by atoms with Crippen LogP contribution in [0.4, 0.5) is 5.69 Å². The van der Waals surface area contributed by atoms with Crippen LogP contribution in [0, 0.1) is 0 Å². The van der Waals surface area contributed by atoms with E-state index in [9.17, 15) is 4.79 Å². The van der Waals surface area contributed by atoms with Gasteiger partial charge >= 0.3 is 0 Å². The molecular formula is C26H36N6O. The lowest BCUT2D eigenvalue weighted by Gasteiger charge is -2.38. The highest BCUT2D eigenvalue weighted by Gasteiger charge is 2.26. The molecule has 2 unspecified atom stereocenters. The lowest BCUT2D eigenvalue weighted by atomic mass is 9.97. The van der Waals surface area contributed by atoms with Gasteiger partial charge in [0.25, 0.3) is 0 Å². The maximum atomic E-state index is 11.6. The number of piperazine rings is 1. The number of carbonyl (C=O) groups excluding carboxylic acids is 1. The maximum Gasteiger partial charge on any atom is 0.239 e. The average molecular weight is 449 g/mol. The van der Waals surface area contributed by atoms with Gasteiger partial charge in [0.2, 0.25) is 5.91 Å². The van der Waals surface area contributed by atoms with Crippen LogP contribution in [0.15, 0.2) is 59.6 Å². The number of likely N-dealkylation sites (tertiary alicyclic amines) is 1. The topological polar surface area (TPSA) is 72.0 Å². The zero-order valence-corrected chi connectivity index (χ0v) is 19.8. The Morgan fingerprint density at radius 3 is 2.58 bits per heavy atom. The number of hydrogen-bond acceptors (Lipinski definition) is 4. The summed E-state index contributed by atoms with van der Waals surface area (Å²) in [5.74, 6) is 0.933. The van der Waals surface area contributed by atoms with Crippen molar-refractivity contribution in [1.29, 1.82) is 0 Å². The maximum absolute atomic E-state index is 11.6. The Morgan fingerprint density at radius 1 is 1.09 bits per heavy atom. The van der Waals surface area contributed by atoms with Crippen molar-refractivity contribution in [3.63, 3.8) is 0 Å². The van der Waals surface area contributed by atoms with E-state index in [1.54, 1.807) is 0 Å². The molecule has 2 fully saturated rings. The molecule has 4 rings (SSSR count). The van der Waals surface area contributed by atoms with Crippen LogP contribution in [0.5, 0.6) is 0 Å². The van der Waals surface area contributed by atoms with Gasteiger partial charge in [0.05, 0.1) is 6.54 Å². The van der Waals surface area contributed by atoms with Gasteiger partial charge in [0, 0.05) is 57.5 Å². The second-order valence-electron chi connectivity index (χ2n) is 9.03. The van der Waals surface area contributed by atoms with E-state index in [2.05, 4.69) is 92.3 Å². The molecule has 2 atom stereocenters. The van der Waals surface area contributed by atoms with E-state index >= 15 is 0 Å². The van der Waals surface area contributed by atoms with Gasteiger partial charge in [-0.3, -0.25) is 14.7 Å². The van der Waals surface area contributed by atoms with E-state index in [0.29, 0.717) is 31.7 Å². The van der Waals surface area contributed by atoms with Gasteiger partial charge in [-0.05, 0) is 43.0 Å². The molecule has 176 valence electrons. The van der Waals surface area contributed by atoms with Gasteiger partial charge in [0.15, 0.2) is 5.96 Å². The summed E-state index contributed by atoms with van der Waals surface area (Å²) in [6, 6.07) is 20.1.